The zero-order chi connectivity index (χ0) is 10.3. The molecule has 0 saturated heterocycles. The van der Waals surface area contributed by atoms with Crippen LogP contribution in [0.15, 0.2) is 6.20 Å². The highest BCUT2D eigenvalue weighted by atomic mass is 19.1. The molecule has 2 rings (SSSR count). The van der Waals surface area contributed by atoms with E-state index in [1.165, 1.54) is 5.56 Å². The quantitative estimate of drug-likeness (QED) is 0.717. The second-order valence-electron chi connectivity index (χ2n) is 4.69. The smallest absolute Gasteiger partial charge is 0.124 e. The molecule has 0 radical (unpaired) electrons. The van der Waals surface area contributed by atoms with Crippen molar-refractivity contribution in [3.63, 3.8) is 0 Å². The van der Waals surface area contributed by atoms with E-state index in [1.807, 2.05) is 6.20 Å². The number of aromatic nitrogens is 2. The van der Waals surface area contributed by atoms with E-state index in [4.69, 9.17) is 0 Å². The fourth-order valence-electron chi connectivity index (χ4n) is 1.84. The Kier molecular flexibility index (Phi) is 2.10. The fraction of sp³-hybridized carbons (Fsp3) is 0.700. The molecule has 1 aliphatic rings. The number of alkyl halides is 1. The van der Waals surface area contributed by atoms with Crippen LogP contribution in [0, 0.1) is 0 Å². The normalized spacial score (nSPS) is 17.4. The van der Waals surface area contributed by atoms with E-state index in [-0.39, 0.29) is 0 Å². The highest BCUT2D eigenvalue weighted by Crippen LogP contribution is 2.20. The lowest BCUT2D eigenvalue weighted by molar-refractivity contribution is 0.178. The first-order chi connectivity index (χ1) is 6.44. The third-order valence-corrected chi connectivity index (χ3v) is 2.32. The second-order valence-corrected chi connectivity index (χ2v) is 4.69. The lowest BCUT2D eigenvalue weighted by atomic mass is 10.2. The van der Waals surface area contributed by atoms with Crippen molar-refractivity contribution in [2.75, 3.05) is 7.05 Å². The van der Waals surface area contributed by atoms with Crippen molar-refractivity contribution in [1.82, 2.24) is 14.7 Å². The first kappa shape index (κ1) is 9.65. The maximum atomic E-state index is 13.3. The zero-order valence-corrected chi connectivity index (χ0v) is 8.92. The molecule has 1 aromatic rings. The Hall–Kier alpha value is -0.900. The van der Waals surface area contributed by atoms with Crippen molar-refractivity contribution in [1.29, 1.82) is 0 Å². The molecule has 0 unspecified atom stereocenters. The Morgan fingerprint density at radius 2 is 2.21 bits per heavy atom. The van der Waals surface area contributed by atoms with Crippen LogP contribution in [0.2, 0.25) is 0 Å². The van der Waals surface area contributed by atoms with Crippen LogP contribution in [0.4, 0.5) is 4.39 Å². The first-order valence-corrected chi connectivity index (χ1v) is 4.87. The summed E-state index contributed by atoms with van der Waals surface area (Å²) in [6.07, 6.45) is 1.96. The Bertz CT molecular complexity index is 314. The maximum Gasteiger partial charge on any atom is 0.124 e. The van der Waals surface area contributed by atoms with Crippen LogP contribution in [-0.4, -0.2) is 27.4 Å². The summed E-state index contributed by atoms with van der Waals surface area (Å²) in [6, 6.07) is 0. The van der Waals surface area contributed by atoms with Crippen LogP contribution in [0.25, 0.3) is 0 Å². The van der Waals surface area contributed by atoms with Crippen molar-refractivity contribution in [2.24, 2.45) is 0 Å². The van der Waals surface area contributed by atoms with Gasteiger partial charge in [-0.05, 0) is 20.9 Å². The summed E-state index contributed by atoms with van der Waals surface area (Å²) in [5.74, 6) is 0. The highest BCUT2D eigenvalue weighted by molar-refractivity contribution is 5.21. The average Bonchev–Trinajstić information content (AvgIpc) is 2.39. The van der Waals surface area contributed by atoms with Gasteiger partial charge >= 0.3 is 0 Å². The van der Waals surface area contributed by atoms with E-state index in [9.17, 15) is 4.39 Å². The number of halogens is 1. The lowest BCUT2D eigenvalue weighted by Crippen LogP contribution is -2.22. The molecule has 0 amide bonds. The van der Waals surface area contributed by atoms with Crippen molar-refractivity contribution in [3.8, 4) is 0 Å². The molecule has 0 atom stereocenters. The molecular formula is C10H16FN3. The topological polar surface area (TPSA) is 21.1 Å². The van der Waals surface area contributed by atoms with Gasteiger partial charge in [0.25, 0.3) is 0 Å². The van der Waals surface area contributed by atoms with E-state index in [0.29, 0.717) is 6.54 Å². The van der Waals surface area contributed by atoms with Gasteiger partial charge in [0.15, 0.2) is 0 Å². The zero-order valence-electron chi connectivity index (χ0n) is 8.92. The highest BCUT2D eigenvalue weighted by Gasteiger charge is 2.22. The van der Waals surface area contributed by atoms with E-state index < -0.39 is 5.67 Å². The van der Waals surface area contributed by atoms with Gasteiger partial charge in [-0.3, -0.25) is 9.58 Å². The molecule has 14 heavy (non-hydrogen) atoms. The van der Waals surface area contributed by atoms with E-state index in [0.717, 1.165) is 18.8 Å². The minimum atomic E-state index is -1.19. The van der Waals surface area contributed by atoms with Gasteiger partial charge < -0.3 is 0 Å². The minimum absolute atomic E-state index is 0.337. The Morgan fingerprint density at radius 1 is 1.50 bits per heavy atom. The van der Waals surface area contributed by atoms with Crippen LogP contribution in [0.1, 0.15) is 25.1 Å². The molecule has 0 fully saturated rings. The number of hydrogen-bond acceptors (Lipinski definition) is 2. The number of hydrogen-bond donors (Lipinski definition) is 0. The van der Waals surface area contributed by atoms with E-state index >= 15 is 0 Å². The molecule has 0 N–H and O–H groups in total. The third-order valence-electron chi connectivity index (χ3n) is 2.32. The number of fused-ring (bicyclic) bond motifs is 1. The first-order valence-electron chi connectivity index (χ1n) is 4.87. The van der Waals surface area contributed by atoms with E-state index in [1.54, 1.807) is 18.5 Å². The molecule has 1 aliphatic heterocycles. The van der Waals surface area contributed by atoms with Gasteiger partial charge in [0, 0.05) is 24.8 Å². The van der Waals surface area contributed by atoms with Crippen LogP contribution < -0.4 is 0 Å². The van der Waals surface area contributed by atoms with Crippen molar-refractivity contribution >= 4 is 0 Å². The predicted octanol–water partition coefficient (Wildman–Crippen LogP) is 1.58. The Balaban J connectivity index is 2.13. The van der Waals surface area contributed by atoms with Crippen LogP contribution in [0.3, 0.4) is 0 Å². The average molecular weight is 197 g/mol. The second kappa shape index (κ2) is 3.05. The summed E-state index contributed by atoms with van der Waals surface area (Å²) in [5.41, 5.74) is 1.14. The number of nitrogens with zero attached hydrogens (tertiary/aromatic N) is 3. The van der Waals surface area contributed by atoms with Crippen molar-refractivity contribution in [3.05, 3.63) is 17.5 Å². The summed E-state index contributed by atoms with van der Waals surface area (Å²) in [4.78, 5) is 2.20. The molecule has 4 heteroatoms. The third kappa shape index (κ3) is 1.95. The summed E-state index contributed by atoms with van der Waals surface area (Å²) < 4.78 is 15.1. The van der Waals surface area contributed by atoms with Gasteiger partial charge in [-0.1, -0.05) is 0 Å². The lowest BCUT2D eigenvalue weighted by Gasteiger charge is -2.14. The molecule has 0 aliphatic carbocycles. The summed E-state index contributed by atoms with van der Waals surface area (Å²) in [5, 5.41) is 4.36. The van der Waals surface area contributed by atoms with Crippen molar-refractivity contribution < 1.29 is 4.39 Å². The van der Waals surface area contributed by atoms with Crippen LogP contribution >= 0.6 is 0 Å². The van der Waals surface area contributed by atoms with Gasteiger partial charge in [-0.25, -0.2) is 4.39 Å². The van der Waals surface area contributed by atoms with Gasteiger partial charge in [-0.2, -0.15) is 5.10 Å². The summed E-state index contributed by atoms with van der Waals surface area (Å²) in [6.45, 7) is 5.30. The van der Waals surface area contributed by atoms with Crippen molar-refractivity contribution in [2.45, 2.75) is 39.2 Å². The van der Waals surface area contributed by atoms with Gasteiger partial charge in [0.2, 0.25) is 0 Å². The molecule has 2 heterocycles. The minimum Gasteiger partial charge on any atom is -0.296 e. The SMILES string of the molecule is CN1Cc2cn(CC(C)(C)F)nc2C1. The standard InChI is InChI=1S/C10H16FN3/c1-10(2,11)7-14-5-8-4-13(3)6-9(8)12-14/h5H,4,6-7H2,1-3H3. The summed E-state index contributed by atoms with van der Waals surface area (Å²) >= 11 is 0. The molecule has 0 bridgehead atoms. The molecule has 1 aromatic heterocycles. The van der Waals surface area contributed by atoms with Crippen LogP contribution in [-0.2, 0) is 19.6 Å². The fourth-order valence-corrected chi connectivity index (χ4v) is 1.84. The maximum absolute atomic E-state index is 13.3. The largest absolute Gasteiger partial charge is 0.296 e. The molecule has 0 saturated carbocycles. The Labute approximate surface area is 83.5 Å². The molecule has 78 valence electrons. The van der Waals surface area contributed by atoms with Gasteiger partial charge in [0.1, 0.15) is 5.67 Å². The van der Waals surface area contributed by atoms with Crippen LogP contribution in [0.5, 0.6) is 0 Å². The summed E-state index contributed by atoms with van der Waals surface area (Å²) in [7, 11) is 2.06. The monoisotopic (exact) mass is 197 g/mol. The van der Waals surface area contributed by atoms with E-state index in [2.05, 4.69) is 17.0 Å². The molecular weight excluding hydrogens is 181 g/mol. The molecule has 0 aromatic carbocycles. The number of rotatable bonds is 2. The molecule has 0 spiro atoms. The predicted molar refractivity (Wildman–Crippen MR) is 52.6 cm³/mol. The Morgan fingerprint density at radius 3 is 2.79 bits per heavy atom. The van der Waals surface area contributed by atoms with Gasteiger partial charge in [0.05, 0.1) is 12.2 Å². The molecule has 3 nitrogen and oxygen atoms in total. The van der Waals surface area contributed by atoms with Gasteiger partial charge in [-0.15, -0.1) is 0 Å².